The number of hydrogen-bond acceptors (Lipinski definition) is 4. The van der Waals surface area contributed by atoms with E-state index in [4.69, 9.17) is 9.15 Å². The molecule has 0 bridgehead atoms. The van der Waals surface area contributed by atoms with Crippen LogP contribution in [0.3, 0.4) is 0 Å². The maximum absolute atomic E-state index is 5.78. The van der Waals surface area contributed by atoms with Crippen LogP contribution in [0.5, 0.6) is 0 Å². The zero-order valence-corrected chi connectivity index (χ0v) is 12.8. The molecule has 0 amide bonds. The van der Waals surface area contributed by atoms with Gasteiger partial charge in [0.2, 0.25) is 0 Å². The van der Waals surface area contributed by atoms with Crippen molar-refractivity contribution in [3.63, 3.8) is 0 Å². The predicted molar refractivity (Wildman–Crippen MR) is 79.7 cm³/mol. The summed E-state index contributed by atoms with van der Waals surface area (Å²) in [4.78, 5) is 6.58. The van der Waals surface area contributed by atoms with E-state index < -0.39 is 0 Å². The lowest BCUT2D eigenvalue weighted by atomic mass is 10.2. The van der Waals surface area contributed by atoms with Gasteiger partial charge in [0.15, 0.2) is 0 Å². The summed E-state index contributed by atoms with van der Waals surface area (Å²) >= 11 is 0. The Morgan fingerprint density at radius 3 is 2.90 bits per heavy atom. The second-order valence-corrected chi connectivity index (χ2v) is 5.81. The Kier molecular flexibility index (Phi) is 4.41. The summed E-state index contributed by atoms with van der Waals surface area (Å²) in [5.74, 6) is 1.97. The summed E-state index contributed by atoms with van der Waals surface area (Å²) in [5, 5.41) is 0. The van der Waals surface area contributed by atoms with Gasteiger partial charge in [-0.05, 0) is 31.9 Å². The Hall–Kier alpha value is -1.59. The first-order valence-electron chi connectivity index (χ1n) is 7.55. The molecular weight excluding hydrogens is 266 g/mol. The minimum Gasteiger partial charge on any atom is -0.465 e. The molecule has 0 N–H and O–H groups in total. The molecule has 5 heteroatoms. The van der Waals surface area contributed by atoms with E-state index in [1.54, 1.807) is 0 Å². The van der Waals surface area contributed by atoms with Crippen LogP contribution in [-0.4, -0.2) is 33.7 Å². The van der Waals surface area contributed by atoms with Crippen molar-refractivity contribution in [2.24, 2.45) is 7.05 Å². The smallest absolute Gasteiger partial charge is 0.118 e. The number of imidazole rings is 1. The fraction of sp³-hybridized carbons (Fsp3) is 0.562. The van der Waals surface area contributed by atoms with Crippen molar-refractivity contribution in [3.05, 3.63) is 41.9 Å². The average molecular weight is 289 g/mol. The van der Waals surface area contributed by atoms with Gasteiger partial charge in [-0.1, -0.05) is 0 Å². The molecule has 1 aliphatic rings. The zero-order chi connectivity index (χ0) is 14.7. The van der Waals surface area contributed by atoms with E-state index in [2.05, 4.69) is 20.5 Å². The number of ether oxygens (including phenoxy) is 1. The van der Waals surface area contributed by atoms with Gasteiger partial charge in [-0.15, -0.1) is 0 Å². The lowest BCUT2D eigenvalue weighted by Crippen LogP contribution is -2.32. The number of hydrogen-bond donors (Lipinski definition) is 0. The number of nitrogens with zero attached hydrogens (tertiary/aromatic N) is 3. The van der Waals surface area contributed by atoms with E-state index >= 15 is 0 Å². The van der Waals surface area contributed by atoms with Gasteiger partial charge in [-0.25, -0.2) is 4.98 Å². The van der Waals surface area contributed by atoms with Gasteiger partial charge in [-0.2, -0.15) is 0 Å². The highest BCUT2D eigenvalue weighted by Gasteiger charge is 2.21. The van der Waals surface area contributed by atoms with E-state index in [1.165, 1.54) is 12.1 Å². The van der Waals surface area contributed by atoms with Crippen LogP contribution in [0, 0.1) is 6.92 Å². The minimum atomic E-state index is 0.342. The Morgan fingerprint density at radius 2 is 2.29 bits per heavy atom. The number of aryl methyl sites for hydroxylation is 2. The van der Waals surface area contributed by atoms with Gasteiger partial charge in [0.1, 0.15) is 11.5 Å². The maximum Gasteiger partial charge on any atom is 0.118 e. The van der Waals surface area contributed by atoms with Crippen molar-refractivity contribution in [2.45, 2.75) is 39.0 Å². The van der Waals surface area contributed by atoms with Crippen molar-refractivity contribution < 1.29 is 9.15 Å². The molecule has 1 atom stereocenters. The Balaban J connectivity index is 1.68. The number of furan rings is 1. The van der Waals surface area contributed by atoms with Gasteiger partial charge in [0.25, 0.3) is 0 Å². The molecule has 1 fully saturated rings. The van der Waals surface area contributed by atoms with Gasteiger partial charge in [0, 0.05) is 32.9 Å². The zero-order valence-electron chi connectivity index (χ0n) is 12.8. The maximum atomic E-state index is 5.78. The first kappa shape index (κ1) is 14.4. The minimum absolute atomic E-state index is 0.342. The molecule has 2 aromatic rings. The largest absolute Gasteiger partial charge is 0.465 e. The molecule has 0 saturated carbocycles. The van der Waals surface area contributed by atoms with Crippen molar-refractivity contribution >= 4 is 0 Å². The second-order valence-electron chi connectivity index (χ2n) is 5.81. The molecular formula is C16H23N3O2. The molecule has 1 saturated heterocycles. The molecule has 0 spiro atoms. The highest BCUT2D eigenvalue weighted by atomic mass is 16.5. The van der Waals surface area contributed by atoms with Crippen molar-refractivity contribution in [2.75, 3.05) is 13.2 Å². The second kappa shape index (κ2) is 6.45. The van der Waals surface area contributed by atoms with Crippen molar-refractivity contribution in [1.82, 2.24) is 14.5 Å². The van der Waals surface area contributed by atoms with Crippen LogP contribution in [0.4, 0.5) is 0 Å². The van der Waals surface area contributed by atoms with Crippen LogP contribution in [0.1, 0.15) is 30.1 Å². The lowest BCUT2D eigenvalue weighted by Gasteiger charge is -2.24. The molecule has 0 unspecified atom stereocenters. The molecule has 0 aliphatic carbocycles. The van der Waals surface area contributed by atoms with Crippen LogP contribution >= 0.6 is 0 Å². The summed E-state index contributed by atoms with van der Waals surface area (Å²) in [5.41, 5.74) is 1.20. The summed E-state index contributed by atoms with van der Waals surface area (Å²) in [6.07, 6.45) is 6.43. The standard InChI is InChI=1S/C16H23N3O2/c1-13-5-6-16(21-13)11-19(10-15-4-3-7-20-15)9-14-8-17-12-18(14)2/h5-6,8,12,15H,3-4,7,9-11H2,1-2H3/t15-/m0/s1. The third-order valence-electron chi connectivity index (χ3n) is 3.96. The Bertz CT molecular complexity index is 570. The van der Waals surface area contributed by atoms with Crippen LogP contribution in [0.15, 0.2) is 29.1 Å². The van der Waals surface area contributed by atoms with E-state index in [0.29, 0.717) is 6.10 Å². The first-order valence-corrected chi connectivity index (χ1v) is 7.55. The fourth-order valence-corrected chi connectivity index (χ4v) is 2.82. The molecule has 3 heterocycles. The highest BCUT2D eigenvalue weighted by molar-refractivity contribution is 5.06. The normalized spacial score (nSPS) is 18.7. The summed E-state index contributed by atoms with van der Waals surface area (Å²) in [7, 11) is 2.03. The molecule has 2 aromatic heterocycles. The third kappa shape index (κ3) is 3.74. The molecule has 0 radical (unpaired) electrons. The topological polar surface area (TPSA) is 43.4 Å². The lowest BCUT2D eigenvalue weighted by molar-refractivity contribution is 0.0646. The van der Waals surface area contributed by atoms with E-state index in [9.17, 15) is 0 Å². The third-order valence-corrected chi connectivity index (χ3v) is 3.96. The average Bonchev–Trinajstić information content (AvgIpc) is 3.16. The molecule has 1 aliphatic heterocycles. The molecule has 0 aromatic carbocycles. The van der Waals surface area contributed by atoms with Gasteiger partial charge in [0.05, 0.1) is 24.7 Å². The first-order chi connectivity index (χ1) is 10.2. The van der Waals surface area contributed by atoms with Gasteiger partial charge < -0.3 is 13.7 Å². The van der Waals surface area contributed by atoms with Crippen molar-refractivity contribution in [3.8, 4) is 0 Å². The van der Waals surface area contributed by atoms with E-state index in [-0.39, 0.29) is 0 Å². The summed E-state index contributed by atoms with van der Waals surface area (Å²) < 4.78 is 13.6. The quantitative estimate of drug-likeness (QED) is 0.819. The SMILES string of the molecule is Cc1ccc(CN(Cc2cncn2C)C[C@@H]2CCCO2)o1. The van der Waals surface area contributed by atoms with Crippen LogP contribution in [0.2, 0.25) is 0 Å². The molecule has 114 valence electrons. The van der Waals surface area contributed by atoms with Gasteiger partial charge in [-0.3, -0.25) is 4.90 Å². The van der Waals surface area contributed by atoms with Crippen molar-refractivity contribution in [1.29, 1.82) is 0 Å². The monoisotopic (exact) mass is 289 g/mol. The van der Waals surface area contributed by atoms with Crippen LogP contribution < -0.4 is 0 Å². The van der Waals surface area contributed by atoms with E-state index in [1.807, 2.05) is 32.6 Å². The molecule has 21 heavy (non-hydrogen) atoms. The summed E-state index contributed by atoms with van der Waals surface area (Å²) in [6.45, 7) is 5.47. The Labute approximate surface area is 125 Å². The predicted octanol–water partition coefficient (Wildman–Crippen LogP) is 2.50. The highest BCUT2D eigenvalue weighted by Crippen LogP contribution is 2.18. The fourth-order valence-electron chi connectivity index (χ4n) is 2.82. The molecule has 5 nitrogen and oxygen atoms in total. The molecule has 3 rings (SSSR count). The Morgan fingerprint density at radius 1 is 1.38 bits per heavy atom. The van der Waals surface area contributed by atoms with Gasteiger partial charge >= 0.3 is 0 Å². The van der Waals surface area contributed by atoms with E-state index in [0.717, 1.165) is 44.2 Å². The van der Waals surface area contributed by atoms with Crippen LogP contribution in [-0.2, 0) is 24.9 Å². The number of rotatable bonds is 6. The summed E-state index contributed by atoms with van der Waals surface area (Å²) in [6, 6.07) is 4.07. The number of aromatic nitrogens is 2. The van der Waals surface area contributed by atoms with Crippen LogP contribution in [0.25, 0.3) is 0 Å².